The summed E-state index contributed by atoms with van der Waals surface area (Å²) in [7, 11) is 0. The smallest absolute Gasteiger partial charge is 0.326 e. The summed E-state index contributed by atoms with van der Waals surface area (Å²) in [5.41, 5.74) is 6.27. The Morgan fingerprint density at radius 2 is 1.94 bits per heavy atom. The number of carbonyl (C=O) groups excluding carboxylic acids is 1. The average molecular weight is 540 g/mol. The molecule has 0 spiro atoms. The first-order valence-corrected chi connectivity index (χ1v) is 12.9. The van der Waals surface area contributed by atoms with Crippen molar-refractivity contribution >= 4 is 57.8 Å². The molecule has 0 bridgehead atoms. The molecule has 1 N–H and O–H groups in total. The fraction of sp³-hybridized carbons (Fsp3) is 0.214. The minimum absolute atomic E-state index is 0.132. The van der Waals surface area contributed by atoms with Gasteiger partial charge in [0.25, 0.3) is 0 Å². The van der Waals surface area contributed by atoms with Crippen LogP contribution in [0.15, 0.2) is 60.8 Å². The van der Waals surface area contributed by atoms with Gasteiger partial charge in [-0.15, -0.1) is 0 Å². The highest BCUT2D eigenvalue weighted by atomic mass is 35.5. The highest BCUT2D eigenvalue weighted by Crippen LogP contribution is 2.32. The Labute approximate surface area is 225 Å². The van der Waals surface area contributed by atoms with E-state index < -0.39 is 0 Å². The van der Waals surface area contributed by atoms with E-state index in [4.69, 9.17) is 34.8 Å². The molecule has 5 rings (SSSR count). The van der Waals surface area contributed by atoms with Crippen molar-refractivity contribution in [1.29, 1.82) is 0 Å². The second kappa shape index (κ2) is 10.7. The first kappa shape index (κ1) is 24.8. The minimum atomic E-state index is -0.132. The number of nitrogens with one attached hydrogen (secondary N) is 1. The summed E-state index contributed by atoms with van der Waals surface area (Å²) in [5, 5.41) is 5.69. The van der Waals surface area contributed by atoms with Crippen LogP contribution in [0.25, 0.3) is 17.0 Å². The van der Waals surface area contributed by atoms with Gasteiger partial charge in [-0.2, -0.15) is 0 Å². The van der Waals surface area contributed by atoms with Gasteiger partial charge < -0.3 is 5.32 Å². The zero-order valence-electron chi connectivity index (χ0n) is 19.8. The molecule has 1 aliphatic heterocycles. The summed E-state index contributed by atoms with van der Waals surface area (Å²) in [6, 6.07) is 15.4. The third kappa shape index (κ3) is 5.30. The van der Waals surface area contributed by atoms with E-state index >= 15 is 0 Å². The first-order valence-electron chi connectivity index (χ1n) is 11.7. The van der Waals surface area contributed by atoms with Gasteiger partial charge >= 0.3 is 6.03 Å². The van der Waals surface area contributed by atoms with Gasteiger partial charge in [-0.25, -0.2) is 9.78 Å². The predicted octanol–water partition coefficient (Wildman–Crippen LogP) is 7.13. The summed E-state index contributed by atoms with van der Waals surface area (Å²) >= 11 is 18.2. The Hall–Kier alpha value is -2.83. The highest BCUT2D eigenvalue weighted by Gasteiger charge is 2.26. The van der Waals surface area contributed by atoms with Crippen LogP contribution in [-0.4, -0.2) is 33.6 Å². The molecule has 1 amide bonds. The molecule has 0 fully saturated rings. The van der Waals surface area contributed by atoms with E-state index in [1.807, 2.05) is 35.8 Å². The molecule has 0 saturated heterocycles. The maximum absolute atomic E-state index is 13.4. The number of halogens is 3. The zero-order chi connectivity index (χ0) is 25.2. The van der Waals surface area contributed by atoms with Crippen LogP contribution in [0.2, 0.25) is 15.2 Å². The molecule has 0 unspecified atom stereocenters. The number of hydrogen-bond donors (Lipinski definition) is 1. The Bertz CT molecular complexity index is 1480. The lowest BCUT2D eigenvalue weighted by Crippen LogP contribution is -2.34. The molecule has 8 heteroatoms. The molecule has 0 aliphatic carbocycles. The molecule has 2 aromatic heterocycles. The second-order valence-electron chi connectivity index (χ2n) is 8.99. The molecule has 4 aromatic rings. The van der Waals surface area contributed by atoms with E-state index in [9.17, 15) is 4.79 Å². The van der Waals surface area contributed by atoms with Gasteiger partial charge in [0.1, 0.15) is 5.15 Å². The molecule has 1 aliphatic rings. The fourth-order valence-electron chi connectivity index (χ4n) is 4.67. The van der Waals surface area contributed by atoms with Crippen molar-refractivity contribution in [3.63, 3.8) is 0 Å². The zero-order valence-corrected chi connectivity index (χ0v) is 22.0. The molecule has 3 heterocycles. The maximum Gasteiger partial charge on any atom is 0.326 e. The molecule has 36 heavy (non-hydrogen) atoms. The van der Waals surface area contributed by atoms with Gasteiger partial charge in [-0.1, -0.05) is 65.2 Å². The van der Waals surface area contributed by atoms with Gasteiger partial charge in [0.15, 0.2) is 0 Å². The van der Waals surface area contributed by atoms with Crippen molar-refractivity contribution in [2.75, 3.05) is 13.1 Å². The van der Waals surface area contributed by atoms with Gasteiger partial charge in [0, 0.05) is 49.9 Å². The quantitative estimate of drug-likeness (QED) is 0.274. The van der Waals surface area contributed by atoms with Crippen LogP contribution >= 0.6 is 34.8 Å². The third-order valence-electron chi connectivity index (χ3n) is 6.44. The number of nitrogens with zero attached hydrogens (tertiary/aromatic N) is 3. The Morgan fingerprint density at radius 1 is 1.08 bits per heavy atom. The SMILES string of the molecule is Cc1ccc2c3c(n(C(=O)NCc4ccnc(Cl)c4)c2c1)CCN(CC=Cc1ccc(Cl)c(Cl)c1)C3. The van der Waals surface area contributed by atoms with E-state index in [-0.39, 0.29) is 6.03 Å². The number of pyridine rings is 1. The third-order valence-corrected chi connectivity index (χ3v) is 7.39. The Morgan fingerprint density at radius 3 is 2.75 bits per heavy atom. The van der Waals surface area contributed by atoms with Crippen LogP contribution in [-0.2, 0) is 19.5 Å². The fourth-order valence-corrected chi connectivity index (χ4v) is 5.18. The number of benzene rings is 2. The molecule has 0 atom stereocenters. The largest absolute Gasteiger partial charge is 0.333 e. The summed E-state index contributed by atoms with van der Waals surface area (Å²) in [4.78, 5) is 19.8. The normalized spacial score (nSPS) is 13.9. The molecule has 5 nitrogen and oxygen atoms in total. The van der Waals surface area contributed by atoms with E-state index in [1.165, 1.54) is 5.56 Å². The van der Waals surface area contributed by atoms with Gasteiger partial charge in [0.05, 0.1) is 15.6 Å². The van der Waals surface area contributed by atoms with E-state index in [0.717, 1.165) is 59.3 Å². The maximum atomic E-state index is 13.4. The van der Waals surface area contributed by atoms with Crippen molar-refractivity contribution < 1.29 is 4.79 Å². The minimum Gasteiger partial charge on any atom is -0.333 e. The van der Waals surface area contributed by atoms with E-state index in [1.54, 1.807) is 12.3 Å². The van der Waals surface area contributed by atoms with Crippen LogP contribution in [0.4, 0.5) is 4.79 Å². The molecule has 0 saturated carbocycles. The van der Waals surface area contributed by atoms with Crippen molar-refractivity contribution in [1.82, 2.24) is 19.8 Å². The lowest BCUT2D eigenvalue weighted by atomic mass is 10.0. The van der Waals surface area contributed by atoms with Crippen LogP contribution in [0.5, 0.6) is 0 Å². The summed E-state index contributed by atoms with van der Waals surface area (Å²) in [6.45, 7) is 4.87. The highest BCUT2D eigenvalue weighted by molar-refractivity contribution is 6.42. The molecule has 184 valence electrons. The van der Waals surface area contributed by atoms with Gasteiger partial charge in [-0.3, -0.25) is 9.47 Å². The number of aromatic nitrogens is 2. The number of aryl methyl sites for hydroxylation is 1. The van der Waals surface area contributed by atoms with Crippen LogP contribution in [0.1, 0.15) is 27.9 Å². The van der Waals surface area contributed by atoms with Gasteiger partial charge in [0.2, 0.25) is 0 Å². The number of amides is 1. The standard InChI is InChI=1S/C28H25Cl3N4O/c1-18-4-6-21-22-17-34(11-2-3-19-5-7-23(29)24(30)14-19)12-9-25(22)35(26(21)13-18)28(36)33-16-20-8-10-32-27(31)15-20/h2-8,10,13-15H,9,11-12,16-17H2,1H3,(H,33,36). The Kier molecular flexibility index (Phi) is 7.35. The molecule has 0 radical (unpaired) electrons. The van der Waals surface area contributed by atoms with Crippen molar-refractivity contribution in [2.45, 2.75) is 26.4 Å². The van der Waals surface area contributed by atoms with Gasteiger partial charge in [-0.05, 0) is 59.5 Å². The van der Waals surface area contributed by atoms with Crippen molar-refractivity contribution in [3.8, 4) is 0 Å². The monoisotopic (exact) mass is 538 g/mol. The van der Waals surface area contributed by atoms with E-state index in [0.29, 0.717) is 21.7 Å². The van der Waals surface area contributed by atoms with Crippen LogP contribution in [0, 0.1) is 6.92 Å². The Balaban J connectivity index is 1.36. The molecule has 2 aromatic carbocycles. The first-order chi connectivity index (χ1) is 17.4. The average Bonchev–Trinajstić information content (AvgIpc) is 3.17. The summed E-state index contributed by atoms with van der Waals surface area (Å²) in [5.74, 6) is 0. The molecular formula is C28H25Cl3N4O. The summed E-state index contributed by atoms with van der Waals surface area (Å²) < 4.78 is 1.85. The molecular weight excluding hydrogens is 515 g/mol. The summed E-state index contributed by atoms with van der Waals surface area (Å²) in [6.07, 6.45) is 6.63. The van der Waals surface area contributed by atoms with Crippen LogP contribution in [0.3, 0.4) is 0 Å². The van der Waals surface area contributed by atoms with E-state index in [2.05, 4.69) is 45.6 Å². The topological polar surface area (TPSA) is 50.2 Å². The van der Waals surface area contributed by atoms with Crippen LogP contribution < -0.4 is 5.32 Å². The predicted molar refractivity (Wildman–Crippen MR) is 148 cm³/mol. The lowest BCUT2D eigenvalue weighted by Gasteiger charge is -2.27. The number of hydrogen-bond acceptors (Lipinski definition) is 3. The number of rotatable bonds is 5. The lowest BCUT2D eigenvalue weighted by molar-refractivity contribution is 0.240. The second-order valence-corrected chi connectivity index (χ2v) is 10.2. The van der Waals surface area contributed by atoms with Crippen molar-refractivity contribution in [2.24, 2.45) is 0 Å². The number of carbonyl (C=O) groups is 1. The number of fused-ring (bicyclic) bond motifs is 3. The van der Waals surface area contributed by atoms with Crippen molar-refractivity contribution in [3.05, 3.63) is 104 Å².